The van der Waals surface area contributed by atoms with Gasteiger partial charge in [-0.25, -0.2) is 9.97 Å². The third kappa shape index (κ3) is 3.45. The van der Waals surface area contributed by atoms with Crippen molar-refractivity contribution in [2.24, 2.45) is 5.92 Å². The van der Waals surface area contributed by atoms with Crippen molar-refractivity contribution in [2.75, 3.05) is 19.6 Å². The van der Waals surface area contributed by atoms with Crippen LogP contribution in [-0.4, -0.2) is 46.5 Å². The molecule has 0 saturated carbocycles. The molecule has 1 N–H and O–H groups in total. The highest BCUT2D eigenvalue weighted by Crippen LogP contribution is 2.30. The van der Waals surface area contributed by atoms with Crippen LogP contribution in [0.25, 0.3) is 11.0 Å². The highest BCUT2D eigenvalue weighted by atomic mass is 16.1. The van der Waals surface area contributed by atoms with E-state index in [2.05, 4.69) is 20.2 Å². The van der Waals surface area contributed by atoms with Gasteiger partial charge in [-0.3, -0.25) is 4.79 Å². The minimum Gasteiger partial charge on any atom is -0.352 e. The minimum atomic E-state index is -0.000129. The van der Waals surface area contributed by atoms with Crippen molar-refractivity contribution in [2.45, 2.75) is 52.0 Å². The number of aryl methyl sites for hydroxylation is 2. The summed E-state index contributed by atoms with van der Waals surface area (Å²) in [5.74, 6) is 0.581. The topological polar surface area (TPSA) is 58.1 Å². The largest absolute Gasteiger partial charge is 0.352 e. The van der Waals surface area contributed by atoms with Crippen molar-refractivity contribution in [3.63, 3.8) is 0 Å². The van der Waals surface area contributed by atoms with Gasteiger partial charge in [-0.05, 0) is 76.7 Å². The van der Waals surface area contributed by atoms with Crippen LogP contribution in [-0.2, 0) is 0 Å². The summed E-state index contributed by atoms with van der Waals surface area (Å²) in [6.07, 6.45) is 6.41. The molecule has 2 aromatic rings. The molecule has 2 saturated heterocycles. The number of amides is 1. The van der Waals surface area contributed by atoms with Crippen molar-refractivity contribution in [3.8, 4) is 0 Å². The van der Waals surface area contributed by atoms with Crippen molar-refractivity contribution < 1.29 is 4.79 Å². The molecule has 2 atom stereocenters. The molecule has 0 spiro atoms. The quantitative estimate of drug-likeness (QED) is 0.921. The van der Waals surface area contributed by atoms with Gasteiger partial charge >= 0.3 is 0 Å². The zero-order valence-corrected chi connectivity index (χ0v) is 15.8. The molecule has 4 rings (SSSR count). The molecule has 2 unspecified atom stereocenters. The number of nitrogens with one attached hydrogen (secondary N) is 1. The van der Waals surface area contributed by atoms with Crippen LogP contribution in [0.15, 0.2) is 18.2 Å². The van der Waals surface area contributed by atoms with Crippen molar-refractivity contribution in [1.82, 2.24) is 20.2 Å². The molecule has 26 heavy (non-hydrogen) atoms. The molecule has 0 bridgehead atoms. The van der Waals surface area contributed by atoms with Gasteiger partial charge in [-0.15, -0.1) is 0 Å². The normalized spacial score (nSPS) is 23.6. The highest BCUT2D eigenvalue weighted by molar-refractivity contribution is 5.97. The Bertz CT molecular complexity index is 817. The number of piperidine rings is 2. The number of carbonyl (C=O) groups excluding carboxylic acids is 1. The Labute approximate surface area is 155 Å². The number of aromatic nitrogens is 2. The summed E-state index contributed by atoms with van der Waals surface area (Å²) in [6.45, 7) is 7.15. The summed E-state index contributed by atoms with van der Waals surface area (Å²) in [5.41, 5.74) is 4.15. The van der Waals surface area contributed by atoms with E-state index in [0.29, 0.717) is 17.5 Å². The van der Waals surface area contributed by atoms with Gasteiger partial charge in [0.15, 0.2) is 0 Å². The molecule has 0 radical (unpaired) electrons. The molecule has 0 aliphatic carbocycles. The zero-order valence-electron chi connectivity index (χ0n) is 15.8. The Morgan fingerprint density at radius 2 is 1.85 bits per heavy atom. The van der Waals surface area contributed by atoms with Crippen LogP contribution in [0.2, 0.25) is 0 Å². The lowest BCUT2D eigenvalue weighted by Crippen LogP contribution is -2.51. The summed E-state index contributed by atoms with van der Waals surface area (Å²) < 4.78 is 0. The second kappa shape index (κ2) is 7.31. The molecule has 2 aliphatic rings. The minimum absolute atomic E-state index is 0.000129. The van der Waals surface area contributed by atoms with Crippen LogP contribution in [0.3, 0.4) is 0 Å². The van der Waals surface area contributed by atoms with Crippen LogP contribution in [0.1, 0.15) is 53.8 Å². The fourth-order valence-electron chi connectivity index (χ4n) is 4.51. The van der Waals surface area contributed by atoms with Gasteiger partial charge in [0, 0.05) is 18.2 Å². The Morgan fingerprint density at radius 1 is 1.08 bits per heavy atom. The van der Waals surface area contributed by atoms with Crippen LogP contribution in [0.4, 0.5) is 0 Å². The Balaban J connectivity index is 1.44. The van der Waals surface area contributed by atoms with Gasteiger partial charge in [-0.2, -0.15) is 0 Å². The highest BCUT2D eigenvalue weighted by Gasteiger charge is 2.32. The van der Waals surface area contributed by atoms with E-state index < -0.39 is 0 Å². The first-order chi connectivity index (χ1) is 12.6. The SMILES string of the molecule is Cc1nc2ccc(C(=O)NCC3CCCN4CCCCC34)cc2nc1C. The molecule has 5 nitrogen and oxygen atoms in total. The fraction of sp³-hybridized carbons (Fsp3) is 0.571. The van der Waals surface area contributed by atoms with Gasteiger partial charge in [0.1, 0.15) is 0 Å². The number of benzene rings is 1. The van der Waals surface area contributed by atoms with Crippen molar-refractivity contribution in [1.29, 1.82) is 0 Å². The lowest BCUT2D eigenvalue weighted by molar-refractivity contribution is 0.0575. The smallest absolute Gasteiger partial charge is 0.251 e. The van der Waals surface area contributed by atoms with E-state index in [1.54, 1.807) is 0 Å². The van der Waals surface area contributed by atoms with E-state index in [0.717, 1.165) is 29.0 Å². The summed E-state index contributed by atoms with van der Waals surface area (Å²) >= 11 is 0. The van der Waals surface area contributed by atoms with Crippen LogP contribution in [0, 0.1) is 19.8 Å². The average Bonchev–Trinajstić information content (AvgIpc) is 2.66. The van der Waals surface area contributed by atoms with E-state index in [1.807, 2.05) is 32.0 Å². The van der Waals surface area contributed by atoms with Gasteiger partial charge < -0.3 is 10.2 Å². The van der Waals surface area contributed by atoms with E-state index in [4.69, 9.17) is 0 Å². The summed E-state index contributed by atoms with van der Waals surface area (Å²) in [6, 6.07) is 6.27. The number of nitrogens with zero attached hydrogens (tertiary/aromatic N) is 3. The Hall–Kier alpha value is -2.01. The van der Waals surface area contributed by atoms with Crippen molar-refractivity contribution in [3.05, 3.63) is 35.2 Å². The second-order valence-corrected chi connectivity index (χ2v) is 7.81. The third-order valence-corrected chi connectivity index (χ3v) is 6.09. The second-order valence-electron chi connectivity index (χ2n) is 7.81. The van der Waals surface area contributed by atoms with Gasteiger partial charge in [0.05, 0.1) is 22.4 Å². The number of hydrogen-bond donors (Lipinski definition) is 1. The predicted molar refractivity (Wildman–Crippen MR) is 103 cm³/mol. The monoisotopic (exact) mass is 352 g/mol. The molecule has 1 amide bonds. The third-order valence-electron chi connectivity index (χ3n) is 6.09. The van der Waals surface area contributed by atoms with E-state index in [1.165, 1.54) is 45.2 Å². The fourth-order valence-corrected chi connectivity index (χ4v) is 4.51. The molecular weight excluding hydrogens is 324 g/mol. The molecular formula is C21H28N4O. The maximum absolute atomic E-state index is 12.7. The van der Waals surface area contributed by atoms with E-state index in [9.17, 15) is 4.79 Å². The molecule has 5 heteroatoms. The van der Waals surface area contributed by atoms with Crippen LogP contribution < -0.4 is 5.32 Å². The number of rotatable bonds is 3. The maximum atomic E-state index is 12.7. The Kier molecular flexibility index (Phi) is 4.90. The van der Waals surface area contributed by atoms with E-state index >= 15 is 0 Å². The summed E-state index contributed by atoms with van der Waals surface area (Å²) in [4.78, 5) is 24.4. The summed E-state index contributed by atoms with van der Waals surface area (Å²) in [7, 11) is 0. The Morgan fingerprint density at radius 3 is 2.69 bits per heavy atom. The van der Waals surface area contributed by atoms with Gasteiger partial charge in [0.25, 0.3) is 5.91 Å². The molecule has 1 aromatic carbocycles. The first kappa shape index (κ1) is 17.4. The maximum Gasteiger partial charge on any atom is 0.251 e. The van der Waals surface area contributed by atoms with Crippen LogP contribution >= 0.6 is 0 Å². The van der Waals surface area contributed by atoms with Gasteiger partial charge in [0.2, 0.25) is 0 Å². The zero-order chi connectivity index (χ0) is 18.1. The summed E-state index contributed by atoms with van der Waals surface area (Å²) in [5, 5.41) is 3.18. The van der Waals surface area contributed by atoms with Crippen molar-refractivity contribution >= 4 is 16.9 Å². The molecule has 1 aromatic heterocycles. The predicted octanol–water partition coefficient (Wildman–Crippen LogP) is 3.24. The molecule has 138 valence electrons. The van der Waals surface area contributed by atoms with E-state index in [-0.39, 0.29) is 5.91 Å². The lowest BCUT2D eigenvalue weighted by atomic mass is 9.83. The number of carbonyl (C=O) groups is 1. The first-order valence-electron chi connectivity index (χ1n) is 9.89. The standard InChI is InChI=1S/C21H28N4O/c1-14-15(2)24-19-12-16(8-9-18(19)23-14)21(26)22-13-17-6-5-11-25-10-4-3-7-20(17)25/h8-9,12,17,20H,3-7,10-11,13H2,1-2H3,(H,22,26). The average molecular weight is 352 g/mol. The van der Waals surface area contributed by atoms with Crippen LogP contribution in [0.5, 0.6) is 0 Å². The molecule has 2 fully saturated rings. The first-order valence-corrected chi connectivity index (χ1v) is 9.89. The molecule has 3 heterocycles. The molecule has 2 aliphatic heterocycles. The number of fused-ring (bicyclic) bond motifs is 2. The lowest BCUT2D eigenvalue weighted by Gasteiger charge is -2.44. The number of hydrogen-bond acceptors (Lipinski definition) is 4. The van der Waals surface area contributed by atoms with Gasteiger partial charge in [-0.1, -0.05) is 6.42 Å².